The van der Waals surface area contributed by atoms with Gasteiger partial charge >= 0.3 is 6.09 Å². The molecule has 0 saturated carbocycles. The number of ether oxygens (including phenoxy) is 1. The molecule has 2 aliphatic rings. The van der Waals surface area contributed by atoms with Crippen molar-refractivity contribution in [1.29, 1.82) is 0 Å². The SMILES string of the molecule is CC(O)C1CC2CCC(C1)N2C(=O)OCc1ccccc1. The fourth-order valence-corrected chi connectivity index (χ4v) is 3.70. The number of benzene rings is 1. The molecule has 1 N–H and O–H groups in total. The van der Waals surface area contributed by atoms with Crippen LogP contribution in [0.4, 0.5) is 4.79 Å². The molecule has 3 atom stereocenters. The summed E-state index contributed by atoms with van der Waals surface area (Å²) < 4.78 is 5.47. The van der Waals surface area contributed by atoms with Crippen LogP contribution in [0.25, 0.3) is 0 Å². The first-order valence-electron chi connectivity index (χ1n) is 7.82. The second kappa shape index (κ2) is 6.06. The molecule has 2 saturated heterocycles. The summed E-state index contributed by atoms with van der Waals surface area (Å²) in [5.74, 6) is 0.320. The molecule has 1 amide bonds. The van der Waals surface area contributed by atoms with Crippen molar-refractivity contribution < 1.29 is 14.6 Å². The van der Waals surface area contributed by atoms with Crippen LogP contribution >= 0.6 is 0 Å². The fraction of sp³-hybridized carbons (Fsp3) is 0.588. The number of piperidine rings is 1. The Morgan fingerprint density at radius 2 is 1.90 bits per heavy atom. The van der Waals surface area contributed by atoms with E-state index in [1.54, 1.807) is 0 Å². The maximum atomic E-state index is 12.3. The van der Waals surface area contributed by atoms with Crippen LogP contribution in [0.2, 0.25) is 0 Å². The maximum absolute atomic E-state index is 12.3. The van der Waals surface area contributed by atoms with E-state index in [1.807, 2.05) is 42.2 Å². The van der Waals surface area contributed by atoms with E-state index in [9.17, 15) is 9.90 Å². The number of hydrogen-bond acceptors (Lipinski definition) is 3. The molecule has 0 radical (unpaired) electrons. The Bertz CT molecular complexity index is 474. The van der Waals surface area contributed by atoms with Crippen molar-refractivity contribution in [1.82, 2.24) is 4.90 Å². The van der Waals surface area contributed by atoms with Gasteiger partial charge in [-0.3, -0.25) is 0 Å². The lowest BCUT2D eigenvalue weighted by Gasteiger charge is -2.39. The van der Waals surface area contributed by atoms with Crippen molar-refractivity contribution in [3.05, 3.63) is 35.9 Å². The first-order valence-corrected chi connectivity index (χ1v) is 7.82. The van der Waals surface area contributed by atoms with Crippen molar-refractivity contribution in [3.8, 4) is 0 Å². The lowest BCUT2D eigenvalue weighted by Crippen LogP contribution is -2.48. The molecular weight excluding hydrogens is 266 g/mol. The van der Waals surface area contributed by atoms with Crippen LogP contribution in [0.1, 0.15) is 38.2 Å². The Morgan fingerprint density at radius 1 is 1.29 bits per heavy atom. The lowest BCUT2D eigenvalue weighted by atomic mass is 9.87. The monoisotopic (exact) mass is 289 g/mol. The van der Waals surface area contributed by atoms with E-state index in [-0.39, 0.29) is 24.3 Å². The highest BCUT2D eigenvalue weighted by atomic mass is 16.6. The molecule has 0 aliphatic carbocycles. The minimum absolute atomic E-state index is 0.199. The molecule has 3 rings (SSSR count). The van der Waals surface area contributed by atoms with Gasteiger partial charge in [0.05, 0.1) is 6.10 Å². The van der Waals surface area contributed by atoms with E-state index < -0.39 is 0 Å². The smallest absolute Gasteiger partial charge is 0.410 e. The predicted molar refractivity (Wildman–Crippen MR) is 79.7 cm³/mol. The van der Waals surface area contributed by atoms with Crippen LogP contribution in [0, 0.1) is 5.92 Å². The van der Waals surface area contributed by atoms with Gasteiger partial charge in [0.15, 0.2) is 0 Å². The molecule has 4 nitrogen and oxygen atoms in total. The summed E-state index contributed by atoms with van der Waals surface area (Å²) in [5, 5.41) is 9.78. The number of hydrogen-bond donors (Lipinski definition) is 1. The molecule has 2 fully saturated rings. The zero-order valence-corrected chi connectivity index (χ0v) is 12.4. The van der Waals surface area contributed by atoms with E-state index in [0.29, 0.717) is 12.5 Å². The number of fused-ring (bicyclic) bond motifs is 2. The molecule has 0 aromatic heterocycles. The van der Waals surface area contributed by atoms with E-state index >= 15 is 0 Å². The molecule has 1 aromatic rings. The van der Waals surface area contributed by atoms with Crippen LogP contribution in [0.15, 0.2) is 30.3 Å². The minimum Gasteiger partial charge on any atom is -0.445 e. The zero-order chi connectivity index (χ0) is 14.8. The average molecular weight is 289 g/mol. The summed E-state index contributed by atoms with van der Waals surface area (Å²) in [6.45, 7) is 2.18. The Morgan fingerprint density at radius 3 is 2.48 bits per heavy atom. The number of aliphatic hydroxyl groups is 1. The van der Waals surface area contributed by atoms with Gasteiger partial charge in [0, 0.05) is 12.1 Å². The normalized spacial score (nSPS) is 29.2. The molecule has 4 heteroatoms. The minimum atomic E-state index is -0.282. The third-order valence-electron chi connectivity index (χ3n) is 4.87. The molecule has 1 aromatic carbocycles. The number of aliphatic hydroxyl groups excluding tert-OH is 1. The highest BCUT2D eigenvalue weighted by molar-refractivity contribution is 5.69. The molecule has 2 heterocycles. The summed E-state index contributed by atoms with van der Waals surface area (Å²) in [6.07, 6.45) is 3.39. The van der Waals surface area contributed by atoms with Gasteiger partial charge in [-0.2, -0.15) is 0 Å². The van der Waals surface area contributed by atoms with Gasteiger partial charge in [-0.1, -0.05) is 30.3 Å². The van der Waals surface area contributed by atoms with E-state index in [1.165, 1.54) is 0 Å². The Balaban J connectivity index is 1.59. The Kier molecular flexibility index (Phi) is 4.15. The predicted octanol–water partition coefficient (Wildman–Crippen LogP) is 2.95. The van der Waals surface area contributed by atoms with Gasteiger partial charge in [0.25, 0.3) is 0 Å². The summed E-state index contributed by atoms with van der Waals surface area (Å²) in [7, 11) is 0. The van der Waals surface area contributed by atoms with Crippen LogP contribution in [-0.4, -0.2) is 34.3 Å². The molecule has 2 bridgehead atoms. The molecule has 2 aliphatic heterocycles. The van der Waals surface area contributed by atoms with Crippen LogP contribution in [-0.2, 0) is 11.3 Å². The molecule has 0 spiro atoms. The van der Waals surface area contributed by atoms with Gasteiger partial charge in [-0.25, -0.2) is 4.79 Å². The van der Waals surface area contributed by atoms with Gasteiger partial charge in [0.2, 0.25) is 0 Å². The highest BCUT2D eigenvalue weighted by Gasteiger charge is 2.44. The lowest BCUT2D eigenvalue weighted by molar-refractivity contribution is 0.0219. The number of amides is 1. The van der Waals surface area contributed by atoms with Crippen LogP contribution in [0.3, 0.4) is 0 Å². The third kappa shape index (κ3) is 3.05. The average Bonchev–Trinajstić information content (AvgIpc) is 2.75. The second-order valence-electron chi connectivity index (χ2n) is 6.30. The first-order chi connectivity index (χ1) is 10.1. The van der Waals surface area contributed by atoms with Crippen molar-refractivity contribution in [2.75, 3.05) is 0 Å². The number of carbonyl (C=O) groups is 1. The van der Waals surface area contributed by atoms with E-state index in [0.717, 1.165) is 31.2 Å². The van der Waals surface area contributed by atoms with Gasteiger partial charge in [-0.05, 0) is 44.1 Å². The highest BCUT2D eigenvalue weighted by Crippen LogP contribution is 2.40. The zero-order valence-electron chi connectivity index (χ0n) is 12.4. The molecule has 21 heavy (non-hydrogen) atoms. The van der Waals surface area contributed by atoms with E-state index in [4.69, 9.17) is 4.74 Å². The topological polar surface area (TPSA) is 49.8 Å². The van der Waals surface area contributed by atoms with Crippen LogP contribution in [0.5, 0.6) is 0 Å². The van der Waals surface area contributed by atoms with Crippen LogP contribution < -0.4 is 0 Å². The first kappa shape index (κ1) is 14.4. The third-order valence-corrected chi connectivity index (χ3v) is 4.87. The largest absolute Gasteiger partial charge is 0.445 e. The van der Waals surface area contributed by atoms with E-state index in [2.05, 4.69) is 0 Å². The Hall–Kier alpha value is -1.55. The fourth-order valence-electron chi connectivity index (χ4n) is 3.70. The quantitative estimate of drug-likeness (QED) is 0.930. The van der Waals surface area contributed by atoms with Crippen molar-refractivity contribution in [2.24, 2.45) is 5.92 Å². The number of nitrogens with zero attached hydrogens (tertiary/aromatic N) is 1. The second-order valence-corrected chi connectivity index (χ2v) is 6.30. The number of carbonyl (C=O) groups excluding carboxylic acids is 1. The van der Waals surface area contributed by atoms with Crippen molar-refractivity contribution >= 4 is 6.09 Å². The van der Waals surface area contributed by atoms with Gasteiger partial charge in [0.1, 0.15) is 6.61 Å². The summed E-state index contributed by atoms with van der Waals surface area (Å²) >= 11 is 0. The summed E-state index contributed by atoms with van der Waals surface area (Å²) in [6, 6.07) is 10.2. The van der Waals surface area contributed by atoms with Crippen molar-refractivity contribution in [2.45, 2.75) is 57.4 Å². The molecular formula is C17H23NO3. The molecule has 3 unspecified atom stereocenters. The summed E-state index contributed by atoms with van der Waals surface area (Å²) in [4.78, 5) is 14.3. The molecule has 114 valence electrons. The summed E-state index contributed by atoms with van der Waals surface area (Å²) in [5.41, 5.74) is 1.01. The standard InChI is InChI=1S/C17H23NO3/c1-12(19)14-9-15-7-8-16(10-14)18(15)17(20)21-11-13-5-3-2-4-6-13/h2-6,12,14-16,19H,7-11H2,1H3. The van der Waals surface area contributed by atoms with Gasteiger partial charge in [-0.15, -0.1) is 0 Å². The number of rotatable bonds is 3. The van der Waals surface area contributed by atoms with Gasteiger partial charge < -0.3 is 14.7 Å². The van der Waals surface area contributed by atoms with Crippen molar-refractivity contribution in [3.63, 3.8) is 0 Å². The Labute approximate surface area is 125 Å². The maximum Gasteiger partial charge on any atom is 0.410 e.